The van der Waals surface area contributed by atoms with E-state index in [9.17, 15) is 85.9 Å². The SMILES string of the molecule is C[C@@H]1O[C@@H](O[C@H]2C[C@](O)(C(=O)CO)Cc3c(O)c4c(c(O)c32)C(=O)c2c(O)cccc2C4=O)C[C@H](NC[C@@H](O)[C@H](O)[C@H](O)[C@@H](O)CO[C@H]2O[C@H](CO)[C@H](O)[C@H](O)[C@H]2O)[C@@H]1O. The second-order valence-electron chi connectivity index (χ2n) is 15.5. The molecular formula is C38H49NO21. The molecule has 2 fully saturated rings. The number of fused-ring (bicyclic) bond motifs is 3. The zero-order valence-electron chi connectivity index (χ0n) is 31.9. The largest absolute Gasteiger partial charge is 0.507 e. The van der Waals surface area contributed by atoms with Crippen molar-refractivity contribution in [1.29, 1.82) is 0 Å². The number of nitrogens with one attached hydrogen (secondary N) is 1. The fourth-order valence-corrected chi connectivity index (χ4v) is 8.11. The Morgan fingerprint density at radius 2 is 1.55 bits per heavy atom. The minimum atomic E-state index is -2.44. The Balaban J connectivity index is 1.17. The van der Waals surface area contributed by atoms with E-state index < -0.39 is 182 Å². The third-order valence-corrected chi connectivity index (χ3v) is 11.6. The van der Waals surface area contributed by atoms with E-state index in [1.807, 2.05) is 0 Å². The number of hydrogen-bond donors (Lipinski definition) is 15. The molecule has 0 unspecified atom stereocenters. The van der Waals surface area contributed by atoms with Crippen molar-refractivity contribution in [2.45, 2.75) is 118 Å². The van der Waals surface area contributed by atoms with Gasteiger partial charge in [0.05, 0.1) is 54.3 Å². The first-order chi connectivity index (χ1) is 28.3. The molecule has 0 amide bonds. The summed E-state index contributed by atoms with van der Waals surface area (Å²) in [5.74, 6) is -5.37. The van der Waals surface area contributed by atoms with Crippen molar-refractivity contribution in [3.8, 4) is 17.2 Å². The number of aliphatic hydroxyl groups is 11. The molecule has 0 radical (unpaired) electrons. The number of phenolic OH excluding ortho intramolecular Hbond substituents is 3. The number of ketones is 3. The van der Waals surface area contributed by atoms with Gasteiger partial charge in [0.1, 0.15) is 72.2 Å². The predicted octanol–water partition coefficient (Wildman–Crippen LogP) is -5.41. The average Bonchev–Trinajstić information content (AvgIpc) is 3.22. The summed E-state index contributed by atoms with van der Waals surface area (Å²) >= 11 is 0. The van der Waals surface area contributed by atoms with E-state index in [-0.39, 0.29) is 23.1 Å². The van der Waals surface area contributed by atoms with Crippen LogP contribution in [0.5, 0.6) is 17.2 Å². The third kappa shape index (κ3) is 8.27. The molecule has 2 saturated heterocycles. The monoisotopic (exact) mass is 855 g/mol. The first kappa shape index (κ1) is 45.7. The van der Waals surface area contributed by atoms with Crippen molar-refractivity contribution >= 4 is 17.3 Å². The van der Waals surface area contributed by atoms with Gasteiger partial charge in [-0.2, -0.15) is 0 Å². The molecule has 0 saturated carbocycles. The molecule has 0 bridgehead atoms. The van der Waals surface area contributed by atoms with Gasteiger partial charge in [0.25, 0.3) is 0 Å². The Morgan fingerprint density at radius 3 is 2.22 bits per heavy atom. The number of rotatable bonds is 14. The smallest absolute Gasteiger partial charge is 0.202 e. The molecule has 2 heterocycles. The molecule has 22 nitrogen and oxygen atoms in total. The van der Waals surface area contributed by atoms with Crippen LogP contribution in [-0.4, -0.2) is 200 Å². The van der Waals surface area contributed by atoms with Gasteiger partial charge in [0, 0.05) is 48.5 Å². The summed E-state index contributed by atoms with van der Waals surface area (Å²) in [6.45, 7) is -1.84. The normalized spacial score (nSPS) is 33.6. The average molecular weight is 856 g/mol. The maximum Gasteiger partial charge on any atom is 0.202 e. The zero-order valence-corrected chi connectivity index (χ0v) is 31.9. The molecule has 6 rings (SSSR count). The fourth-order valence-electron chi connectivity index (χ4n) is 8.11. The molecule has 2 aliphatic heterocycles. The van der Waals surface area contributed by atoms with Crippen LogP contribution in [0.3, 0.4) is 0 Å². The lowest BCUT2D eigenvalue weighted by Crippen LogP contribution is -2.60. The molecule has 60 heavy (non-hydrogen) atoms. The topological polar surface area (TPSA) is 383 Å². The van der Waals surface area contributed by atoms with E-state index >= 15 is 0 Å². The Hall–Kier alpha value is -3.79. The number of carbonyl (C=O) groups excluding carboxylic acids is 3. The maximum atomic E-state index is 13.7. The molecule has 2 aromatic rings. The van der Waals surface area contributed by atoms with E-state index in [0.29, 0.717) is 0 Å². The van der Waals surface area contributed by atoms with Crippen LogP contribution >= 0.6 is 0 Å². The van der Waals surface area contributed by atoms with Crippen molar-refractivity contribution in [3.63, 3.8) is 0 Å². The summed E-state index contributed by atoms with van der Waals surface area (Å²) < 4.78 is 22.3. The van der Waals surface area contributed by atoms with Crippen LogP contribution in [-0.2, 0) is 30.2 Å². The highest BCUT2D eigenvalue weighted by molar-refractivity contribution is 6.31. The lowest BCUT2D eigenvalue weighted by Gasteiger charge is -2.43. The van der Waals surface area contributed by atoms with Crippen LogP contribution in [0.4, 0.5) is 0 Å². The van der Waals surface area contributed by atoms with Gasteiger partial charge >= 0.3 is 0 Å². The number of Topliss-reactive ketones (excluding diaryl/α,β-unsaturated/α-hetero) is 1. The van der Waals surface area contributed by atoms with Gasteiger partial charge in [-0.1, -0.05) is 12.1 Å². The molecule has 332 valence electrons. The molecule has 15 atom stereocenters. The van der Waals surface area contributed by atoms with Gasteiger partial charge in [0.2, 0.25) is 5.78 Å². The van der Waals surface area contributed by atoms with Crippen molar-refractivity contribution in [2.75, 3.05) is 26.4 Å². The number of aliphatic hydroxyl groups excluding tert-OH is 10. The van der Waals surface area contributed by atoms with Crippen LogP contribution in [0.1, 0.15) is 68.8 Å². The number of phenols is 3. The van der Waals surface area contributed by atoms with E-state index in [4.69, 9.17) is 18.9 Å². The minimum Gasteiger partial charge on any atom is -0.507 e. The summed E-state index contributed by atoms with van der Waals surface area (Å²) in [5, 5.41) is 150. The van der Waals surface area contributed by atoms with Gasteiger partial charge < -0.3 is 95.8 Å². The van der Waals surface area contributed by atoms with Gasteiger partial charge in [0.15, 0.2) is 24.1 Å². The van der Waals surface area contributed by atoms with E-state index in [1.165, 1.54) is 19.1 Å². The molecule has 0 aromatic heterocycles. The predicted molar refractivity (Wildman–Crippen MR) is 194 cm³/mol. The lowest BCUT2D eigenvalue weighted by atomic mass is 9.72. The van der Waals surface area contributed by atoms with Crippen LogP contribution < -0.4 is 5.32 Å². The van der Waals surface area contributed by atoms with Gasteiger partial charge in [-0.25, -0.2) is 0 Å². The number of benzene rings is 2. The van der Waals surface area contributed by atoms with Crippen molar-refractivity contribution < 1.29 is 105 Å². The van der Waals surface area contributed by atoms with Gasteiger partial charge in [-0.05, 0) is 13.0 Å². The number of hydrogen-bond acceptors (Lipinski definition) is 22. The van der Waals surface area contributed by atoms with E-state index in [1.54, 1.807) is 0 Å². The summed E-state index contributed by atoms with van der Waals surface area (Å²) in [6, 6.07) is 2.64. The molecule has 15 N–H and O–H groups in total. The zero-order chi connectivity index (χ0) is 44.1. The third-order valence-electron chi connectivity index (χ3n) is 11.6. The molecular weight excluding hydrogens is 806 g/mol. The Morgan fingerprint density at radius 1 is 0.883 bits per heavy atom. The fraction of sp³-hybridized carbons (Fsp3) is 0.605. The molecule has 4 aliphatic rings. The Labute approximate surface area is 340 Å². The number of carbonyl (C=O) groups is 3. The van der Waals surface area contributed by atoms with Crippen LogP contribution in [0.15, 0.2) is 18.2 Å². The summed E-state index contributed by atoms with van der Waals surface area (Å²) in [7, 11) is 0. The van der Waals surface area contributed by atoms with E-state index in [0.717, 1.165) is 6.07 Å². The summed E-state index contributed by atoms with van der Waals surface area (Å²) in [4.78, 5) is 40.2. The van der Waals surface area contributed by atoms with Crippen molar-refractivity contribution in [2.24, 2.45) is 0 Å². The van der Waals surface area contributed by atoms with Gasteiger partial charge in [-0.15, -0.1) is 0 Å². The first-order valence-electron chi connectivity index (χ1n) is 19.0. The first-order valence-corrected chi connectivity index (χ1v) is 19.0. The van der Waals surface area contributed by atoms with Crippen LogP contribution in [0.2, 0.25) is 0 Å². The van der Waals surface area contributed by atoms with Crippen molar-refractivity contribution in [1.82, 2.24) is 5.32 Å². The molecule has 2 aliphatic carbocycles. The van der Waals surface area contributed by atoms with Gasteiger partial charge in [-0.3, -0.25) is 14.4 Å². The highest BCUT2D eigenvalue weighted by atomic mass is 16.7. The minimum absolute atomic E-state index is 0.277. The standard InChI is InChI=1S/C38H49NO21/c1-12-27(46)15(39-8-17(43)30(49)31(50)18(44)11-57-37-36(55)35(54)32(51)20(9-40)60-37)5-22(58-12)59-19-7-38(56,21(45)10-41)6-14-24(19)34(53)26-25(29(14)48)28(47)13-3-2-4-16(42)23(13)33(26)52/h2-4,12,15,17-20,22,27,30-32,35-37,39-44,46,48-51,53-56H,5-11H2,1H3/t12-,15-,17+,18-,19-,20+,22-,27+,30-,31+,32-,35-,36+,37-,38-/m0/s1. The van der Waals surface area contributed by atoms with Crippen molar-refractivity contribution in [3.05, 3.63) is 51.6 Å². The Bertz CT molecular complexity index is 1940. The second kappa shape index (κ2) is 17.9. The maximum absolute atomic E-state index is 13.7. The van der Waals surface area contributed by atoms with Crippen LogP contribution in [0, 0.1) is 0 Å². The Kier molecular flexibility index (Phi) is 13.6. The molecule has 0 spiro atoms. The lowest BCUT2D eigenvalue weighted by molar-refractivity contribution is -0.306. The quantitative estimate of drug-likeness (QED) is 0.0673. The molecule has 22 heteroatoms. The highest BCUT2D eigenvalue weighted by Crippen LogP contribution is 2.52. The molecule has 2 aromatic carbocycles. The summed E-state index contributed by atoms with van der Waals surface area (Å²) in [5.41, 5.74) is -5.15. The number of ether oxygens (including phenoxy) is 4. The second-order valence-corrected chi connectivity index (χ2v) is 15.5. The summed E-state index contributed by atoms with van der Waals surface area (Å²) in [6.07, 6.45) is -23.2. The van der Waals surface area contributed by atoms with Crippen LogP contribution in [0.25, 0.3) is 0 Å². The number of aromatic hydroxyl groups is 3. The highest BCUT2D eigenvalue weighted by Gasteiger charge is 2.51. The van der Waals surface area contributed by atoms with E-state index in [2.05, 4.69) is 5.32 Å².